The first kappa shape index (κ1) is 18.5. The molecule has 2 aromatic carbocycles. The van der Waals surface area contributed by atoms with Crippen LogP contribution in [0.1, 0.15) is 29.9 Å². The molecule has 144 valence electrons. The van der Waals surface area contributed by atoms with Crippen molar-refractivity contribution in [1.82, 2.24) is 14.9 Å². The molecule has 8 heteroatoms. The van der Waals surface area contributed by atoms with E-state index < -0.39 is 5.25 Å². The Bertz CT molecular complexity index is 1000. The Morgan fingerprint density at radius 3 is 2.71 bits per heavy atom. The molecular formula is C20H20FN5OS. The number of anilines is 1. The normalized spacial score (nSPS) is 18.2. The fraction of sp³-hybridized carbons (Fsp3) is 0.250. The molecular weight excluding hydrogens is 377 g/mol. The number of aryl methyl sites for hydroxylation is 2. The third-order valence-corrected chi connectivity index (χ3v) is 5.96. The van der Waals surface area contributed by atoms with E-state index in [1.54, 1.807) is 16.8 Å². The Morgan fingerprint density at radius 2 is 1.96 bits per heavy atom. The number of hydrogen-bond acceptors (Lipinski definition) is 5. The molecule has 0 saturated carbocycles. The fourth-order valence-electron chi connectivity index (χ4n) is 3.24. The molecule has 2 heterocycles. The maximum atomic E-state index is 13.4. The van der Waals surface area contributed by atoms with E-state index in [4.69, 9.17) is 0 Å². The lowest BCUT2D eigenvalue weighted by Gasteiger charge is -2.32. The molecule has 1 aliphatic rings. The molecule has 0 spiro atoms. The van der Waals surface area contributed by atoms with Crippen LogP contribution in [0.2, 0.25) is 0 Å². The van der Waals surface area contributed by atoms with Gasteiger partial charge < -0.3 is 10.7 Å². The zero-order valence-corrected chi connectivity index (χ0v) is 16.3. The number of halogens is 1. The summed E-state index contributed by atoms with van der Waals surface area (Å²) >= 11 is 1.35. The van der Waals surface area contributed by atoms with Crippen LogP contribution in [0.4, 0.5) is 10.1 Å². The highest BCUT2D eigenvalue weighted by atomic mass is 32.2. The van der Waals surface area contributed by atoms with E-state index in [9.17, 15) is 9.18 Å². The lowest BCUT2D eigenvalue weighted by Crippen LogP contribution is -2.41. The van der Waals surface area contributed by atoms with Gasteiger partial charge in [0, 0.05) is 5.69 Å². The zero-order valence-electron chi connectivity index (χ0n) is 15.5. The maximum absolute atomic E-state index is 13.4. The summed E-state index contributed by atoms with van der Waals surface area (Å²) in [6.07, 6.45) is 0.821. The molecule has 3 aromatic rings. The summed E-state index contributed by atoms with van der Waals surface area (Å²) in [5.41, 5.74) is 6.00. The number of fused-ring (bicyclic) bond motifs is 1. The second-order valence-corrected chi connectivity index (χ2v) is 7.67. The molecule has 1 aromatic heterocycles. The van der Waals surface area contributed by atoms with Crippen LogP contribution in [0.15, 0.2) is 53.7 Å². The van der Waals surface area contributed by atoms with Crippen molar-refractivity contribution in [3.05, 3.63) is 71.3 Å². The van der Waals surface area contributed by atoms with Crippen molar-refractivity contribution in [1.29, 1.82) is 0 Å². The smallest absolute Gasteiger partial charge is 0.240 e. The lowest BCUT2D eigenvalue weighted by atomic mass is 10.0. The van der Waals surface area contributed by atoms with Crippen LogP contribution >= 0.6 is 11.8 Å². The minimum Gasteiger partial charge on any atom is -0.325 e. The van der Waals surface area contributed by atoms with E-state index in [1.165, 1.54) is 23.9 Å². The molecule has 2 atom stereocenters. The van der Waals surface area contributed by atoms with Crippen molar-refractivity contribution in [2.75, 3.05) is 10.7 Å². The Labute approximate surface area is 166 Å². The fourth-order valence-corrected chi connectivity index (χ4v) is 4.36. The van der Waals surface area contributed by atoms with Gasteiger partial charge in [-0.1, -0.05) is 49.0 Å². The van der Waals surface area contributed by atoms with Crippen LogP contribution in [0.25, 0.3) is 0 Å². The van der Waals surface area contributed by atoms with Crippen LogP contribution in [0.3, 0.4) is 0 Å². The highest BCUT2D eigenvalue weighted by Crippen LogP contribution is 2.37. The summed E-state index contributed by atoms with van der Waals surface area (Å²) < 4.78 is 15.2. The van der Waals surface area contributed by atoms with Gasteiger partial charge in [-0.25, -0.2) is 9.07 Å². The van der Waals surface area contributed by atoms with E-state index >= 15 is 0 Å². The first-order valence-electron chi connectivity index (χ1n) is 9.06. The van der Waals surface area contributed by atoms with Crippen molar-refractivity contribution in [3.63, 3.8) is 0 Å². The van der Waals surface area contributed by atoms with Crippen LogP contribution in [-0.4, -0.2) is 26.0 Å². The Balaban J connectivity index is 1.67. The Kier molecular flexibility index (Phi) is 5.04. The zero-order chi connectivity index (χ0) is 19.7. The highest BCUT2D eigenvalue weighted by Gasteiger charge is 2.37. The predicted molar refractivity (Wildman–Crippen MR) is 107 cm³/mol. The standard InChI is InChI=1S/C20H20FN5OS/c1-3-13-6-4-5-7-16(13)22-19(27)18-17(14-8-10-15(21)11-9-14)25-26-12(2)23-24-20(26)28-18/h4-11,17-18,25H,3H2,1-2H3,(H,22,27)/t17-,18-/m0/s1. The van der Waals surface area contributed by atoms with E-state index in [2.05, 4.69) is 27.9 Å². The van der Waals surface area contributed by atoms with Gasteiger partial charge in [-0.3, -0.25) is 4.79 Å². The van der Waals surface area contributed by atoms with Crippen LogP contribution < -0.4 is 10.7 Å². The second-order valence-electron chi connectivity index (χ2n) is 6.56. The summed E-state index contributed by atoms with van der Waals surface area (Å²) in [4.78, 5) is 13.2. The number of para-hydroxylation sites is 1. The quantitative estimate of drug-likeness (QED) is 0.703. The van der Waals surface area contributed by atoms with Gasteiger partial charge >= 0.3 is 0 Å². The third-order valence-electron chi connectivity index (χ3n) is 4.74. The van der Waals surface area contributed by atoms with Crippen molar-refractivity contribution < 1.29 is 9.18 Å². The molecule has 28 heavy (non-hydrogen) atoms. The number of carbonyl (C=O) groups excluding carboxylic acids is 1. The van der Waals surface area contributed by atoms with Gasteiger partial charge in [0.2, 0.25) is 11.1 Å². The number of rotatable bonds is 4. The van der Waals surface area contributed by atoms with Gasteiger partial charge in [0.15, 0.2) is 0 Å². The SMILES string of the molecule is CCc1ccccc1NC(=O)[C@H]1Sc2nnc(C)n2N[C@H]1c1ccc(F)cc1. The van der Waals surface area contributed by atoms with Gasteiger partial charge in [-0.05, 0) is 42.7 Å². The van der Waals surface area contributed by atoms with E-state index in [1.807, 2.05) is 31.2 Å². The average Bonchev–Trinajstić information content (AvgIpc) is 3.08. The number of hydrogen-bond donors (Lipinski definition) is 2. The predicted octanol–water partition coefficient (Wildman–Crippen LogP) is 3.69. The molecule has 0 radical (unpaired) electrons. The molecule has 1 amide bonds. The largest absolute Gasteiger partial charge is 0.325 e. The van der Waals surface area contributed by atoms with Crippen molar-refractivity contribution in [2.24, 2.45) is 0 Å². The number of benzene rings is 2. The molecule has 0 fully saturated rings. The topological polar surface area (TPSA) is 71.8 Å². The van der Waals surface area contributed by atoms with Gasteiger partial charge in [-0.15, -0.1) is 10.2 Å². The van der Waals surface area contributed by atoms with Crippen LogP contribution in [0.5, 0.6) is 0 Å². The number of carbonyl (C=O) groups is 1. The van der Waals surface area contributed by atoms with E-state index in [-0.39, 0.29) is 17.8 Å². The maximum Gasteiger partial charge on any atom is 0.240 e. The molecule has 6 nitrogen and oxygen atoms in total. The minimum absolute atomic E-state index is 0.139. The monoisotopic (exact) mass is 397 g/mol. The van der Waals surface area contributed by atoms with Gasteiger partial charge in [0.25, 0.3) is 0 Å². The van der Waals surface area contributed by atoms with E-state index in [0.717, 1.165) is 23.2 Å². The molecule has 0 bridgehead atoms. The minimum atomic E-state index is -0.494. The summed E-state index contributed by atoms with van der Waals surface area (Å²) in [5, 5.41) is 11.4. The Morgan fingerprint density at radius 1 is 1.21 bits per heavy atom. The summed E-state index contributed by atoms with van der Waals surface area (Å²) in [5.74, 6) is 0.246. The molecule has 2 N–H and O–H groups in total. The number of amides is 1. The van der Waals surface area contributed by atoms with Crippen LogP contribution in [-0.2, 0) is 11.2 Å². The molecule has 0 aliphatic carbocycles. The Hall–Kier alpha value is -2.87. The van der Waals surface area contributed by atoms with Gasteiger partial charge in [0.05, 0.1) is 6.04 Å². The lowest BCUT2D eigenvalue weighted by molar-refractivity contribution is -0.116. The van der Waals surface area contributed by atoms with Crippen molar-refractivity contribution in [3.8, 4) is 0 Å². The summed E-state index contributed by atoms with van der Waals surface area (Å²) in [7, 11) is 0. The van der Waals surface area contributed by atoms with Crippen LogP contribution in [0, 0.1) is 12.7 Å². The second kappa shape index (κ2) is 7.63. The van der Waals surface area contributed by atoms with E-state index in [0.29, 0.717) is 11.0 Å². The van der Waals surface area contributed by atoms with Gasteiger partial charge in [-0.2, -0.15) is 0 Å². The van der Waals surface area contributed by atoms with Crippen molar-refractivity contribution >= 4 is 23.4 Å². The van der Waals surface area contributed by atoms with Gasteiger partial charge in [0.1, 0.15) is 16.9 Å². The highest BCUT2D eigenvalue weighted by molar-refractivity contribution is 8.00. The molecule has 1 aliphatic heterocycles. The average molecular weight is 397 g/mol. The van der Waals surface area contributed by atoms with Crippen molar-refractivity contribution in [2.45, 2.75) is 36.7 Å². The first-order chi connectivity index (χ1) is 13.6. The molecule has 0 saturated heterocycles. The third kappa shape index (κ3) is 3.47. The number of thioether (sulfide) groups is 1. The molecule has 0 unspecified atom stereocenters. The molecule has 4 rings (SSSR count). The number of aromatic nitrogens is 3. The number of nitrogens with zero attached hydrogens (tertiary/aromatic N) is 3. The number of nitrogens with one attached hydrogen (secondary N) is 2. The summed E-state index contributed by atoms with van der Waals surface area (Å²) in [6.45, 7) is 3.89. The first-order valence-corrected chi connectivity index (χ1v) is 9.94. The summed E-state index contributed by atoms with van der Waals surface area (Å²) in [6, 6.07) is 13.6.